The summed E-state index contributed by atoms with van der Waals surface area (Å²) in [6, 6.07) is 7.45. The van der Waals surface area contributed by atoms with Crippen LogP contribution in [0.5, 0.6) is 0 Å². The molecule has 1 aliphatic carbocycles. The number of nitrogens with zero attached hydrogens (tertiary/aromatic N) is 4. The van der Waals surface area contributed by atoms with Crippen molar-refractivity contribution in [3.63, 3.8) is 0 Å². The number of hydrogen-bond donors (Lipinski definition) is 1. The van der Waals surface area contributed by atoms with E-state index in [1.54, 1.807) is 10.7 Å². The first-order valence-electron chi connectivity index (χ1n) is 12.5. The number of halogens is 4. The highest BCUT2D eigenvalue weighted by Crippen LogP contribution is 2.36. The molecule has 0 unspecified atom stereocenters. The molecule has 1 N–H and O–H groups in total. The second kappa shape index (κ2) is 10.7. The van der Waals surface area contributed by atoms with Gasteiger partial charge in [0.15, 0.2) is 0 Å². The Bertz CT molecular complexity index is 1240. The highest BCUT2D eigenvalue weighted by Gasteiger charge is 2.35. The lowest BCUT2D eigenvalue weighted by atomic mass is 9.89. The van der Waals surface area contributed by atoms with Crippen molar-refractivity contribution in [2.45, 2.75) is 77.7 Å². The van der Waals surface area contributed by atoms with Crippen LogP contribution in [0.15, 0.2) is 30.3 Å². The molecular formula is C26H31ClF3N5O. The van der Waals surface area contributed by atoms with E-state index in [4.69, 9.17) is 11.6 Å². The van der Waals surface area contributed by atoms with Crippen LogP contribution in [0, 0.1) is 0 Å². The lowest BCUT2D eigenvalue weighted by Crippen LogP contribution is -2.45. The number of carbonyl (C=O) groups is 1. The van der Waals surface area contributed by atoms with Gasteiger partial charge in [0.05, 0.1) is 11.2 Å². The predicted molar refractivity (Wildman–Crippen MR) is 135 cm³/mol. The normalized spacial score (nSPS) is 18.4. The van der Waals surface area contributed by atoms with Crippen molar-refractivity contribution >= 4 is 34.1 Å². The molecule has 36 heavy (non-hydrogen) atoms. The van der Waals surface area contributed by atoms with E-state index in [2.05, 4.69) is 15.4 Å². The van der Waals surface area contributed by atoms with E-state index in [1.165, 1.54) is 12.1 Å². The molecule has 1 amide bonds. The molecule has 2 heterocycles. The van der Waals surface area contributed by atoms with Crippen LogP contribution in [-0.2, 0) is 19.1 Å². The predicted octanol–water partition coefficient (Wildman–Crippen LogP) is 6.57. The number of aryl methyl sites for hydroxylation is 2. The number of benzene rings is 1. The number of aromatic nitrogens is 3. The van der Waals surface area contributed by atoms with Crippen LogP contribution in [0.4, 0.5) is 18.9 Å². The smallest absolute Gasteiger partial charge is 0.382 e. The van der Waals surface area contributed by atoms with E-state index >= 15 is 0 Å². The van der Waals surface area contributed by atoms with Crippen LogP contribution >= 0.6 is 11.6 Å². The Morgan fingerprint density at radius 1 is 1.19 bits per heavy atom. The van der Waals surface area contributed by atoms with Gasteiger partial charge in [-0.15, -0.1) is 0 Å². The molecule has 194 valence electrons. The number of anilines is 1. The summed E-state index contributed by atoms with van der Waals surface area (Å²) in [7, 11) is 0. The van der Waals surface area contributed by atoms with Gasteiger partial charge in [-0.05, 0) is 76.3 Å². The topological polar surface area (TPSA) is 63.1 Å². The fourth-order valence-electron chi connectivity index (χ4n) is 5.03. The minimum Gasteiger partial charge on any atom is -0.382 e. The number of alkyl halides is 3. The minimum absolute atomic E-state index is 0.0298. The van der Waals surface area contributed by atoms with Crippen LogP contribution in [-0.4, -0.2) is 44.2 Å². The van der Waals surface area contributed by atoms with Gasteiger partial charge in [-0.3, -0.25) is 9.48 Å². The molecular weight excluding hydrogens is 491 g/mol. The quantitative estimate of drug-likeness (QED) is 0.382. The first kappa shape index (κ1) is 26.3. The van der Waals surface area contributed by atoms with Crippen molar-refractivity contribution in [3.8, 4) is 0 Å². The molecule has 0 aliphatic heterocycles. The summed E-state index contributed by atoms with van der Waals surface area (Å²) in [6.45, 7) is 7.06. The zero-order chi connectivity index (χ0) is 26.0. The fraction of sp³-hybridized carbons (Fsp3) is 0.500. The number of carbonyl (C=O) groups excluding carboxylic acids is 1. The zero-order valence-corrected chi connectivity index (χ0v) is 21.5. The molecule has 4 rings (SSSR count). The van der Waals surface area contributed by atoms with E-state index in [0.717, 1.165) is 37.4 Å². The molecule has 0 saturated heterocycles. The fourth-order valence-corrected chi connectivity index (χ4v) is 5.20. The molecule has 0 spiro atoms. The first-order chi connectivity index (χ1) is 17.1. The van der Waals surface area contributed by atoms with Gasteiger partial charge in [-0.2, -0.15) is 18.3 Å². The monoisotopic (exact) mass is 521 g/mol. The molecule has 0 bridgehead atoms. The van der Waals surface area contributed by atoms with Gasteiger partial charge in [0.2, 0.25) is 0 Å². The second-order valence-corrected chi connectivity index (χ2v) is 9.59. The Morgan fingerprint density at radius 3 is 2.64 bits per heavy atom. The molecule has 1 aliphatic rings. The molecule has 10 heteroatoms. The van der Waals surface area contributed by atoms with Gasteiger partial charge in [-0.25, -0.2) is 4.98 Å². The summed E-state index contributed by atoms with van der Waals surface area (Å²) in [6.07, 6.45) is -0.694. The third-order valence-electron chi connectivity index (χ3n) is 6.82. The number of nitrogens with one attached hydrogen (secondary N) is 1. The number of fused-ring (bicyclic) bond motifs is 1. The molecule has 2 aromatic heterocycles. The maximum absolute atomic E-state index is 13.5. The standard InChI is InChI=1S/C26H31ClF3N5O/c1-4-17-14-23(35(6-3)33-17)25(36)34(5-2)19-9-7-8-18(13-19)31-22-15-24(26(28,29)30)32-21-11-10-16(27)12-20(21)22/h10-12,14-15,18-19H,4-9,13H2,1-3H3,(H,31,32)/t18-,19+/m0/s1. The first-order valence-corrected chi connectivity index (χ1v) is 12.8. The van der Waals surface area contributed by atoms with Crippen LogP contribution < -0.4 is 5.32 Å². The van der Waals surface area contributed by atoms with Crippen molar-refractivity contribution in [1.82, 2.24) is 19.7 Å². The van der Waals surface area contributed by atoms with Gasteiger partial charge in [0, 0.05) is 41.3 Å². The summed E-state index contributed by atoms with van der Waals surface area (Å²) in [5.74, 6) is -0.0577. The average Bonchev–Trinajstić information content (AvgIpc) is 3.28. The van der Waals surface area contributed by atoms with Crippen LogP contribution in [0.25, 0.3) is 10.9 Å². The largest absolute Gasteiger partial charge is 0.433 e. The van der Waals surface area contributed by atoms with E-state index in [0.29, 0.717) is 41.3 Å². The van der Waals surface area contributed by atoms with Gasteiger partial charge in [0.25, 0.3) is 5.91 Å². The van der Waals surface area contributed by atoms with Crippen molar-refractivity contribution in [2.75, 3.05) is 11.9 Å². The van der Waals surface area contributed by atoms with E-state index < -0.39 is 11.9 Å². The van der Waals surface area contributed by atoms with Crippen LogP contribution in [0.2, 0.25) is 5.02 Å². The maximum Gasteiger partial charge on any atom is 0.433 e. The summed E-state index contributed by atoms with van der Waals surface area (Å²) in [4.78, 5) is 19.2. The minimum atomic E-state index is -4.57. The van der Waals surface area contributed by atoms with Crippen molar-refractivity contribution in [3.05, 3.63) is 52.4 Å². The lowest BCUT2D eigenvalue weighted by Gasteiger charge is -2.37. The number of pyridine rings is 1. The molecule has 3 aromatic rings. The summed E-state index contributed by atoms with van der Waals surface area (Å²) in [5, 5.41) is 8.81. The maximum atomic E-state index is 13.5. The molecule has 0 radical (unpaired) electrons. The number of rotatable bonds is 7. The number of amides is 1. The van der Waals surface area contributed by atoms with Gasteiger partial charge in [-0.1, -0.05) is 18.5 Å². The Balaban J connectivity index is 1.59. The molecule has 6 nitrogen and oxygen atoms in total. The van der Waals surface area contributed by atoms with E-state index in [9.17, 15) is 18.0 Å². The second-order valence-electron chi connectivity index (χ2n) is 9.16. The van der Waals surface area contributed by atoms with Gasteiger partial charge >= 0.3 is 6.18 Å². The Morgan fingerprint density at radius 2 is 1.97 bits per heavy atom. The summed E-state index contributed by atoms with van der Waals surface area (Å²) in [5.41, 5.74) is 1.09. The van der Waals surface area contributed by atoms with Crippen molar-refractivity contribution < 1.29 is 18.0 Å². The Labute approximate surface area is 213 Å². The van der Waals surface area contributed by atoms with E-state index in [1.807, 2.05) is 31.7 Å². The van der Waals surface area contributed by atoms with Crippen LogP contribution in [0.1, 0.15) is 68.3 Å². The van der Waals surface area contributed by atoms with E-state index in [-0.39, 0.29) is 23.5 Å². The Hall–Kier alpha value is -2.81. The third-order valence-corrected chi connectivity index (χ3v) is 7.06. The van der Waals surface area contributed by atoms with Crippen LogP contribution in [0.3, 0.4) is 0 Å². The van der Waals surface area contributed by atoms with Crippen molar-refractivity contribution in [1.29, 1.82) is 0 Å². The molecule has 1 fully saturated rings. The highest BCUT2D eigenvalue weighted by atomic mass is 35.5. The third kappa shape index (κ3) is 5.45. The zero-order valence-electron chi connectivity index (χ0n) is 20.7. The molecule has 1 aromatic carbocycles. The summed E-state index contributed by atoms with van der Waals surface area (Å²) < 4.78 is 42.4. The van der Waals surface area contributed by atoms with Gasteiger partial charge < -0.3 is 10.2 Å². The average molecular weight is 522 g/mol. The molecule has 1 saturated carbocycles. The van der Waals surface area contributed by atoms with Crippen molar-refractivity contribution in [2.24, 2.45) is 0 Å². The Kier molecular flexibility index (Phi) is 7.78. The SMILES string of the molecule is CCc1cc(C(=O)N(CC)[C@@H]2CCC[C@H](Nc3cc(C(F)(F)F)nc4ccc(Cl)cc34)C2)n(CC)n1. The van der Waals surface area contributed by atoms with Gasteiger partial charge in [0.1, 0.15) is 11.4 Å². The number of hydrogen-bond acceptors (Lipinski definition) is 4. The highest BCUT2D eigenvalue weighted by molar-refractivity contribution is 6.31. The molecule has 2 atom stereocenters. The lowest BCUT2D eigenvalue weighted by molar-refractivity contribution is -0.140. The summed E-state index contributed by atoms with van der Waals surface area (Å²) >= 11 is 6.15.